The van der Waals surface area contributed by atoms with Crippen molar-refractivity contribution in [3.05, 3.63) is 64.6 Å². The van der Waals surface area contributed by atoms with E-state index in [-0.39, 0.29) is 35.5 Å². The third kappa shape index (κ3) is 3.89. The first-order chi connectivity index (χ1) is 16.3. The van der Waals surface area contributed by atoms with Crippen LogP contribution in [0.4, 0.5) is 0 Å². The first kappa shape index (κ1) is 22.6. The van der Waals surface area contributed by atoms with Gasteiger partial charge in [-0.15, -0.1) is 0 Å². The molecule has 1 N–H and O–H groups in total. The maximum Gasteiger partial charge on any atom is 0.284 e. The fraction of sp³-hybridized carbons (Fsp3) is 0.318. The molecule has 0 radical (unpaired) electrons. The molecule has 2 aromatic heterocycles. The monoisotopic (exact) mass is 504 g/mol. The summed E-state index contributed by atoms with van der Waals surface area (Å²) < 4.78 is 37.8. The van der Waals surface area contributed by atoms with Gasteiger partial charge in [-0.25, -0.2) is 4.98 Å². The molecule has 0 spiro atoms. The molecule has 0 bridgehead atoms. The van der Waals surface area contributed by atoms with Gasteiger partial charge in [0.05, 0.1) is 30.5 Å². The highest BCUT2D eigenvalue weighted by molar-refractivity contribution is 7.89. The number of aliphatic hydroxyl groups excluding tert-OH is 1. The summed E-state index contributed by atoms with van der Waals surface area (Å²) in [6.07, 6.45) is 1.62. The fourth-order valence-electron chi connectivity index (χ4n) is 4.09. The average molecular weight is 505 g/mol. The second-order valence-electron chi connectivity index (χ2n) is 8.08. The van der Waals surface area contributed by atoms with Gasteiger partial charge in [0, 0.05) is 29.4 Å². The van der Waals surface area contributed by atoms with Crippen LogP contribution >= 0.6 is 11.6 Å². The Bertz CT molecular complexity index is 1350. The summed E-state index contributed by atoms with van der Waals surface area (Å²) in [6, 6.07) is 8.24. The van der Waals surface area contributed by atoms with E-state index in [1.165, 1.54) is 30.3 Å². The van der Waals surface area contributed by atoms with Gasteiger partial charge in [-0.2, -0.15) is 17.6 Å². The number of fused-ring (bicyclic) bond motifs is 2. The molecule has 2 aliphatic rings. The zero-order valence-corrected chi connectivity index (χ0v) is 19.7. The maximum absolute atomic E-state index is 13.3. The van der Waals surface area contributed by atoms with E-state index in [9.17, 15) is 18.3 Å². The topological polar surface area (TPSA) is 124 Å². The fourth-order valence-corrected chi connectivity index (χ4v) is 5.48. The number of pyridine rings is 1. The molecular weight excluding hydrogens is 484 g/mol. The van der Waals surface area contributed by atoms with E-state index in [1.54, 1.807) is 24.3 Å². The van der Waals surface area contributed by atoms with E-state index < -0.39 is 22.0 Å². The Labute approximate surface area is 200 Å². The van der Waals surface area contributed by atoms with Crippen molar-refractivity contribution < 1.29 is 27.8 Å². The summed E-state index contributed by atoms with van der Waals surface area (Å²) >= 11 is 6.27. The van der Waals surface area contributed by atoms with Crippen LogP contribution in [-0.4, -0.2) is 57.8 Å². The Morgan fingerprint density at radius 3 is 2.71 bits per heavy atom. The molecule has 1 aromatic carbocycles. The number of amides is 1. The van der Waals surface area contributed by atoms with Gasteiger partial charge in [-0.1, -0.05) is 29.8 Å². The average Bonchev–Trinajstić information content (AvgIpc) is 3.40. The second kappa shape index (κ2) is 8.57. The predicted molar refractivity (Wildman–Crippen MR) is 120 cm³/mol. The lowest BCUT2D eigenvalue weighted by atomic mass is 9.92. The minimum Gasteiger partial charge on any atom is -0.484 e. The van der Waals surface area contributed by atoms with Crippen molar-refractivity contribution in [1.29, 1.82) is 0 Å². The van der Waals surface area contributed by atoms with Crippen LogP contribution in [0.25, 0.3) is 0 Å². The number of carbonyl (C=O) groups excluding carboxylic acids is 1. The first-order valence-electron chi connectivity index (χ1n) is 10.6. The van der Waals surface area contributed by atoms with Crippen molar-refractivity contribution in [2.24, 2.45) is 0 Å². The summed E-state index contributed by atoms with van der Waals surface area (Å²) in [4.78, 5) is 18.7. The Morgan fingerprint density at radius 2 is 1.97 bits per heavy atom. The highest BCUT2D eigenvalue weighted by Crippen LogP contribution is 2.33. The number of rotatable bonds is 5. The van der Waals surface area contributed by atoms with Crippen LogP contribution in [0.2, 0.25) is 5.02 Å². The van der Waals surface area contributed by atoms with E-state index in [0.29, 0.717) is 35.1 Å². The molecule has 178 valence electrons. The minimum atomic E-state index is -4.02. The molecule has 1 amide bonds. The van der Waals surface area contributed by atoms with Gasteiger partial charge >= 0.3 is 0 Å². The number of ether oxygens (including phenoxy) is 2. The summed E-state index contributed by atoms with van der Waals surface area (Å²) in [5.74, 6) is -0.662. The van der Waals surface area contributed by atoms with E-state index in [1.807, 2.05) is 0 Å². The molecular formula is C22H21ClN4O6S. The summed E-state index contributed by atoms with van der Waals surface area (Å²) in [7, 11) is -4.02. The smallest absolute Gasteiger partial charge is 0.284 e. The number of hydrogen-bond acceptors (Lipinski definition) is 8. The van der Waals surface area contributed by atoms with Crippen molar-refractivity contribution in [1.82, 2.24) is 19.1 Å². The number of carbonyl (C=O) groups is 1. The molecule has 2 atom stereocenters. The highest BCUT2D eigenvalue weighted by Gasteiger charge is 2.36. The zero-order valence-electron chi connectivity index (χ0n) is 18.1. The Kier molecular flexibility index (Phi) is 5.70. The van der Waals surface area contributed by atoms with Gasteiger partial charge in [0.25, 0.3) is 15.9 Å². The van der Waals surface area contributed by atoms with Crippen LogP contribution in [0.3, 0.4) is 0 Å². The molecule has 2 aliphatic heterocycles. The number of halogens is 1. The summed E-state index contributed by atoms with van der Waals surface area (Å²) in [5, 5.41) is 14.9. The van der Waals surface area contributed by atoms with Crippen LogP contribution < -0.4 is 9.47 Å². The normalized spacial score (nSPS) is 16.7. The molecule has 4 heterocycles. The minimum absolute atomic E-state index is 0.0845. The predicted octanol–water partition coefficient (Wildman–Crippen LogP) is 1.95. The molecule has 0 unspecified atom stereocenters. The molecule has 0 saturated heterocycles. The van der Waals surface area contributed by atoms with Gasteiger partial charge in [-0.05, 0) is 18.6 Å². The molecule has 34 heavy (non-hydrogen) atoms. The van der Waals surface area contributed by atoms with Gasteiger partial charge in [0.1, 0.15) is 18.1 Å². The van der Waals surface area contributed by atoms with E-state index >= 15 is 0 Å². The third-order valence-corrected chi connectivity index (χ3v) is 7.62. The van der Waals surface area contributed by atoms with Gasteiger partial charge in [-0.3, -0.25) is 4.79 Å². The SMILES string of the molecule is C[C@@H](O)[C@@H](C(=O)N1Cc2cn(S(=O)(=O)c3cnc4c(c3)OCCO4)nc2C1)c1ccccc1Cl. The number of hydrogen-bond donors (Lipinski definition) is 1. The highest BCUT2D eigenvalue weighted by atomic mass is 35.5. The molecule has 0 aliphatic carbocycles. The van der Waals surface area contributed by atoms with Crippen LogP contribution in [0, 0.1) is 0 Å². The lowest BCUT2D eigenvalue weighted by Crippen LogP contribution is -2.36. The molecule has 12 heteroatoms. The largest absolute Gasteiger partial charge is 0.484 e. The van der Waals surface area contributed by atoms with Gasteiger partial charge in [0.15, 0.2) is 5.75 Å². The van der Waals surface area contributed by atoms with Crippen LogP contribution in [-0.2, 0) is 27.9 Å². The lowest BCUT2D eigenvalue weighted by Gasteiger charge is -2.26. The molecule has 0 fully saturated rings. The molecule has 5 rings (SSSR count). The van der Waals surface area contributed by atoms with Crippen molar-refractivity contribution >= 4 is 27.5 Å². The van der Waals surface area contributed by atoms with Crippen LogP contribution in [0.15, 0.2) is 47.6 Å². The van der Waals surface area contributed by atoms with Crippen molar-refractivity contribution in [2.75, 3.05) is 13.2 Å². The Hall–Kier alpha value is -3.15. The van der Waals surface area contributed by atoms with Crippen molar-refractivity contribution in [3.8, 4) is 11.6 Å². The summed E-state index contributed by atoms with van der Waals surface area (Å²) in [5.41, 5.74) is 1.60. The number of benzene rings is 1. The van der Waals surface area contributed by atoms with Crippen molar-refractivity contribution in [2.45, 2.75) is 36.9 Å². The van der Waals surface area contributed by atoms with Gasteiger partial charge in [0.2, 0.25) is 5.91 Å². The van der Waals surface area contributed by atoms with E-state index in [0.717, 1.165) is 4.09 Å². The molecule has 10 nitrogen and oxygen atoms in total. The van der Waals surface area contributed by atoms with E-state index in [4.69, 9.17) is 21.1 Å². The quantitative estimate of drug-likeness (QED) is 0.559. The molecule has 0 saturated carbocycles. The zero-order chi connectivity index (χ0) is 24.0. The Balaban J connectivity index is 1.37. The molecule has 3 aromatic rings. The summed E-state index contributed by atoms with van der Waals surface area (Å²) in [6.45, 7) is 2.47. The van der Waals surface area contributed by atoms with Gasteiger partial charge < -0.3 is 19.5 Å². The number of nitrogens with zero attached hydrogens (tertiary/aromatic N) is 4. The Morgan fingerprint density at radius 1 is 1.21 bits per heavy atom. The van der Waals surface area contributed by atoms with E-state index in [2.05, 4.69) is 10.1 Å². The first-order valence-corrected chi connectivity index (χ1v) is 12.4. The number of aliphatic hydroxyl groups is 1. The standard InChI is InChI=1S/C22H21ClN4O6S/c1-13(28)20(16-4-2-3-5-17(16)23)22(29)26-10-14-11-27(25-18(14)12-26)34(30,31)15-8-19-21(24-9-15)33-7-6-32-19/h2-5,8-9,11,13,20,28H,6-7,10,12H2,1H3/t13-,20-/m1/s1. The van der Waals surface area contributed by atoms with Crippen LogP contribution in [0.1, 0.15) is 29.7 Å². The third-order valence-electron chi connectivity index (χ3n) is 5.78. The van der Waals surface area contributed by atoms with Crippen molar-refractivity contribution in [3.63, 3.8) is 0 Å². The lowest BCUT2D eigenvalue weighted by molar-refractivity contribution is -0.135. The second-order valence-corrected chi connectivity index (χ2v) is 10.3. The van der Waals surface area contributed by atoms with Crippen LogP contribution in [0.5, 0.6) is 11.6 Å². The maximum atomic E-state index is 13.3. The number of aromatic nitrogens is 3.